The van der Waals surface area contributed by atoms with Gasteiger partial charge in [-0.3, -0.25) is 0 Å². The molecule has 0 aromatic heterocycles. The molecule has 0 N–H and O–H groups in total. The molecule has 0 spiro atoms. The lowest BCUT2D eigenvalue weighted by Crippen LogP contribution is -2.24. The maximum atomic E-state index is 12.5. The molecule has 158 valence electrons. The van der Waals surface area contributed by atoms with Gasteiger partial charge in [-0.2, -0.15) is 18.1 Å². The summed E-state index contributed by atoms with van der Waals surface area (Å²) < 4.78 is 34.9. The lowest BCUT2D eigenvalue weighted by Gasteiger charge is -2.27. The fourth-order valence-electron chi connectivity index (χ4n) is 3.46. The monoisotopic (exact) mass is 444 g/mol. The van der Waals surface area contributed by atoms with Crippen molar-refractivity contribution in [3.8, 4) is 11.8 Å². The smallest absolute Gasteiger partial charge is 0.281 e. The van der Waals surface area contributed by atoms with Crippen molar-refractivity contribution < 1.29 is 13.2 Å². The molecule has 2 aromatic rings. The van der Waals surface area contributed by atoms with E-state index in [0.29, 0.717) is 22.3 Å². The standard InChI is InChI=1S/C23H25ClN2O3S/c1-16(2)18-6-11-22(12-7-18)30(27,28)26-15-17-3-8-20(9-4-17)29-21-10-5-19(14-25)23(24)13-21/h5-7,10-13,15-17,20H,3-4,8-9H2,1-2H3/b26-15-. The molecule has 7 heteroatoms. The van der Waals surface area contributed by atoms with Gasteiger partial charge in [0.1, 0.15) is 11.8 Å². The summed E-state index contributed by atoms with van der Waals surface area (Å²) in [5, 5.41) is 9.32. The van der Waals surface area contributed by atoms with Crippen LogP contribution in [0.25, 0.3) is 0 Å². The van der Waals surface area contributed by atoms with Gasteiger partial charge in [-0.25, -0.2) is 0 Å². The highest BCUT2D eigenvalue weighted by Crippen LogP contribution is 2.29. The third-order valence-electron chi connectivity index (χ3n) is 5.34. The molecule has 0 unspecified atom stereocenters. The Balaban J connectivity index is 1.55. The molecule has 5 nitrogen and oxygen atoms in total. The van der Waals surface area contributed by atoms with Gasteiger partial charge >= 0.3 is 0 Å². The van der Waals surface area contributed by atoms with Crippen LogP contribution in [0.5, 0.6) is 5.75 Å². The van der Waals surface area contributed by atoms with Crippen molar-refractivity contribution >= 4 is 27.8 Å². The molecule has 1 fully saturated rings. The van der Waals surface area contributed by atoms with E-state index in [1.54, 1.807) is 36.5 Å². The Morgan fingerprint density at radius 3 is 2.37 bits per heavy atom. The van der Waals surface area contributed by atoms with Gasteiger partial charge in [-0.15, -0.1) is 0 Å². The van der Waals surface area contributed by atoms with Gasteiger partial charge in [0.05, 0.1) is 21.6 Å². The molecule has 0 atom stereocenters. The molecule has 30 heavy (non-hydrogen) atoms. The van der Waals surface area contributed by atoms with E-state index in [9.17, 15) is 8.42 Å². The third kappa shape index (κ3) is 5.62. The van der Waals surface area contributed by atoms with E-state index in [4.69, 9.17) is 21.6 Å². The van der Waals surface area contributed by atoms with Gasteiger partial charge in [0, 0.05) is 12.3 Å². The fraction of sp³-hybridized carbons (Fsp3) is 0.391. The number of hydrogen-bond donors (Lipinski definition) is 0. The van der Waals surface area contributed by atoms with E-state index in [0.717, 1.165) is 31.2 Å². The van der Waals surface area contributed by atoms with Crippen LogP contribution in [0.2, 0.25) is 5.02 Å². The molecule has 0 amide bonds. The number of nitrogens with zero attached hydrogens (tertiary/aromatic N) is 2. The first kappa shape index (κ1) is 22.3. The third-order valence-corrected chi connectivity index (χ3v) is 6.92. The number of ether oxygens (including phenoxy) is 1. The zero-order valence-corrected chi connectivity index (χ0v) is 18.7. The van der Waals surface area contributed by atoms with Crippen LogP contribution in [-0.2, 0) is 10.0 Å². The maximum absolute atomic E-state index is 12.5. The van der Waals surface area contributed by atoms with E-state index < -0.39 is 10.0 Å². The van der Waals surface area contributed by atoms with E-state index in [-0.39, 0.29) is 16.9 Å². The van der Waals surface area contributed by atoms with Crippen LogP contribution in [-0.4, -0.2) is 20.7 Å². The summed E-state index contributed by atoms with van der Waals surface area (Å²) in [6.45, 7) is 4.13. The van der Waals surface area contributed by atoms with Crippen LogP contribution in [0, 0.1) is 17.2 Å². The lowest BCUT2D eigenvalue weighted by molar-refractivity contribution is 0.145. The van der Waals surface area contributed by atoms with Crippen molar-refractivity contribution in [2.75, 3.05) is 0 Å². The number of hydrogen-bond acceptors (Lipinski definition) is 4. The van der Waals surface area contributed by atoms with Crippen LogP contribution >= 0.6 is 11.6 Å². The number of rotatable bonds is 6. The quantitative estimate of drug-likeness (QED) is 0.532. The molecule has 0 saturated heterocycles. The van der Waals surface area contributed by atoms with E-state index in [1.807, 2.05) is 18.2 Å². The first-order chi connectivity index (χ1) is 14.3. The molecule has 0 heterocycles. The molecule has 3 rings (SSSR count). The average molecular weight is 445 g/mol. The van der Waals surface area contributed by atoms with Crippen LogP contribution in [0.15, 0.2) is 51.8 Å². The Hall–Kier alpha value is -2.36. The zero-order chi connectivity index (χ0) is 21.7. The largest absolute Gasteiger partial charge is 0.490 e. The molecule has 1 aliphatic rings. The summed E-state index contributed by atoms with van der Waals surface area (Å²) in [5.41, 5.74) is 1.52. The summed E-state index contributed by atoms with van der Waals surface area (Å²) in [5.74, 6) is 1.10. The van der Waals surface area contributed by atoms with Crippen molar-refractivity contribution in [1.82, 2.24) is 0 Å². The molecule has 1 saturated carbocycles. The normalized spacial score (nSPS) is 19.7. The molecule has 0 radical (unpaired) electrons. The minimum atomic E-state index is -3.68. The highest BCUT2D eigenvalue weighted by molar-refractivity contribution is 7.90. The second-order valence-electron chi connectivity index (χ2n) is 7.86. The van der Waals surface area contributed by atoms with E-state index in [1.165, 1.54) is 0 Å². The van der Waals surface area contributed by atoms with Crippen LogP contribution in [0.3, 0.4) is 0 Å². The molecule has 2 aromatic carbocycles. The highest BCUT2D eigenvalue weighted by Gasteiger charge is 2.22. The number of nitriles is 1. The first-order valence-electron chi connectivity index (χ1n) is 10.0. The van der Waals surface area contributed by atoms with Gasteiger partial charge in [0.15, 0.2) is 0 Å². The Morgan fingerprint density at radius 1 is 1.13 bits per heavy atom. The van der Waals surface area contributed by atoms with Gasteiger partial charge < -0.3 is 4.74 Å². The van der Waals surface area contributed by atoms with Gasteiger partial charge in [0.2, 0.25) is 0 Å². The van der Waals surface area contributed by atoms with Crippen LogP contribution < -0.4 is 4.74 Å². The van der Waals surface area contributed by atoms with Gasteiger partial charge in [0.25, 0.3) is 10.0 Å². The topological polar surface area (TPSA) is 79.5 Å². The Morgan fingerprint density at radius 2 is 1.80 bits per heavy atom. The molecule has 0 aliphatic heterocycles. The Labute approximate surface area is 183 Å². The van der Waals surface area contributed by atoms with Crippen molar-refractivity contribution in [2.45, 2.75) is 56.4 Å². The predicted octanol–water partition coefficient (Wildman–Crippen LogP) is 5.73. The summed E-state index contributed by atoms with van der Waals surface area (Å²) in [6, 6.07) is 14.0. The number of halogens is 1. The Kier molecular flexibility index (Phi) is 7.17. The minimum Gasteiger partial charge on any atom is -0.490 e. The summed E-state index contributed by atoms with van der Waals surface area (Å²) in [7, 11) is -3.68. The molecular formula is C23H25ClN2O3S. The zero-order valence-electron chi connectivity index (χ0n) is 17.1. The second-order valence-corrected chi connectivity index (χ2v) is 9.90. The van der Waals surface area contributed by atoms with E-state index >= 15 is 0 Å². The highest BCUT2D eigenvalue weighted by atomic mass is 35.5. The number of benzene rings is 2. The van der Waals surface area contributed by atoms with Crippen LogP contribution in [0.4, 0.5) is 0 Å². The second kappa shape index (κ2) is 9.63. The van der Waals surface area contributed by atoms with Crippen molar-refractivity contribution in [3.63, 3.8) is 0 Å². The first-order valence-corrected chi connectivity index (χ1v) is 11.9. The Bertz CT molecular complexity index is 1050. The summed E-state index contributed by atoms with van der Waals surface area (Å²) in [4.78, 5) is 0.220. The summed E-state index contributed by atoms with van der Waals surface area (Å²) >= 11 is 6.05. The molecule has 1 aliphatic carbocycles. The predicted molar refractivity (Wildman–Crippen MR) is 119 cm³/mol. The fourth-order valence-corrected chi connectivity index (χ4v) is 4.61. The van der Waals surface area contributed by atoms with Gasteiger partial charge in [-0.1, -0.05) is 37.6 Å². The summed E-state index contributed by atoms with van der Waals surface area (Å²) in [6.07, 6.45) is 4.83. The van der Waals surface area contributed by atoms with Gasteiger partial charge in [-0.05, 0) is 67.3 Å². The van der Waals surface area contributed by atoms with Crippen molar-refractivity contribution in [3.05, 3.63) is 58.6 Å². The minimum absolute atomic E-state index is 0.0406. The van der Waals surface area contributed by atoms with Crippen LogP contribution in [0.1, 0.15) is 56.6 Å². The van der Waals surface area contributed by atoms with Crippen molar-refractivity contribution in [2.24, 2.45) is 10.3 Å². The molecule has 0 bridgehead atoms. The number of sulfonamides is 1. The lowest BCUT2D eigenvalue weighted by atomic mass is 9.88. The van der Waals surface area contributed by atoms with E-state index in [2.05, 4.69) is 18.2 Å². The SMILES string of the molecule is CC(C)c1ccc(S(=O)(=O)/N=C\C2CCC(Oc3ccc(C#N)c(Cl)c3)CC2)cc1. The average Bonchev–Trinajstić information content (AvgIpc) is 2.73. The molecular weight excluding hydrogens is 420 g/mol. The maximum Gasteiger partial charge on any atom is 0.281 e. The van der Waals surface area contributed by atoms with Crippen molar-refractivity contribution in [1.29, 1.82) is 5.26 Å².